The summed E-state index contributed by atoms with van der Waals surface area (Å²) in [5.41, 5.74) is 2.18. The number of aliphatic hydroxyl groups excluding tert-OH is 1. The van der Waals surface area contributed by atoms with Crippen molar-refractivity contribution in [3.05, 3.63) is 71.2 Å². The van der Waals surface area contributed by atoms with Gasteiger partial charge in [-0.25, -0.2) is 4.98 Å². The van der Waals surface area contributed by atoms with Gasteiger partial charge in [0.25, 0.3) is 5.91 Å². The summed E-state index contributed by atoms with van der Waals surface area (Å²) in [4.78, 5) is 16.7. The summed E-state index contributed by atoms with van der Waals surface area (Å²) in [6.45, 7) is 2.95. The Morgan fingerprint density at radius 2 is 1.93 bits per heavy atom. The van der Waals surface area contributed by atoms with Crippen LogP contribution in [0.15, 0.2) is 60.0 Å². The molecule has 5 nitrogen and oxygen atoms in total. The number of nitrogens with zero attached hydrogens (tertiary/aromatic N) is 1. The number of aliphatic hydroxyl groups is 1. The van der Waals surface area contributed by atoms with Gasteiger partial charge in [0.1, 0.15) is 16.5 Å². The molecule has 140 valence electrons. The number of amides is 1. The largest absolute Gasteiger partial charge is 0.494 e. The van der Waals surface area contributed by atoms with E-state index in [9.17, 15) is 9.90 Å². The molecule has 1 atom stereocenters. The van der Waals surface area contributed by atoms with Crippen LogP contribution in [0.3, 0.4) is 0 Å². The van der Waals surface area contributed by atoms with E-state index >= 15 is 0 Å². The van der Waals surface area contributed by atoms with E-state index in [1.165, 1.54) is 11.3 Å². The van der Waals surface area contributed by atoms with Crippen LogP contribution in [0.5, 0.6) is 5.75 Å². The summed E-state index contributed by atoms with van der Waals surface area (Å²) in [5, 5.41) is 15.5. The summed E-state index contributed by atoms with van der Waals surface area (Å²) < 4.78 is 5.43. The Balaban J connectivity index is 1.53. The van der Waals surface area contributed by atoms with E-state index in [0.29, 0.717) is 25.3 Å². The van der Waals surface area contributed by atoms with Crippen molar-refractivity contribution in [2.24, 2.45) is 0 Å². The minimum Gasteiger partial charge on any atom is -0.494 e. The van der Waals surface area contributed by atoms with Crippen LogP contribution >= 0.6 is 11.3 Å². The van der Waals surface area contributed by atoms with Gasteiger partial charge in [0.15, 0.2) is 0 Å². The molecule has 6 heteroatoms. The molecule has 3 aromatic rings. The zero-order valence-electron chi connectivity index (χ0n) is 15.1. The van der Waals surface area contributed by atoms with Crippen molar-refractivity contribution in [2.75, 3.05) is 13.2 Å². The average molecular weight is 382 g/mol. The Labute approximate surface area is 162 Å². The quantitative estimate of drug-likeness (QED) is 0.616. The van der Waals surface area contributed by atoms with Gasteiger partial charge in [-0.3, -0.25) is 4.79 Å². The van der Waals surface area contributed by atoms with E-state index in [2.05, 4.69) is 10.3 Å². The van der Waals surface area contributed by atoms with Gasteiger partial charge in [0.2, 0.25) is 0 Å². The number of hydrogen-bond donors (Lipinski definition) is 2. The van der Waals surface area contributed by atoms with E-state index in [0.717, 1.165) is 21.9 Å². The maximum Gasteiger partial charge on any atom is 0.270 e. The van der Waals surface area contributed by atoms with Gasteiger partial charge in [0.05, 0.1) is 12.7 Å². The molecule has 0 unspecified atom stereocenters. The fraction of sp³-hybridized carbons (Fsp3) is 0.238. The second kappa shape index (κ2) is 9.30. The average Bonchev–Trinajstić information content (AvgIpc) is 3.20. The highest BCUT2D eigenvalue weighted by molar-refractivity contribution is 7.13. The number of benzene rings is 2. The molecular weight excluding hydrogens is 360 g/mol. The molecule has 0 radical (unpaired) electrons. The van der Waals surface area contributed by atoms with Crippen LogP contribution < -0.4 is 10.1 Å². The predicted octanol–water partition coefficient (Wildman–Crippen LogP) is 4.06. The van der Waals surface area contributed by atoms with E-state index in [-0.39, 0.29) is 5.91 Å². The third-order valence-electron chi connectivity index (χ3n) is 4.04. The molecule has 0 aliphatic rings. The van der Waals surface area contributed by atoms with Crippen LogP contribution in [0.2, 0.25) is 0 Å². The van der Waals surface area contributed by atoms with Crippen LogP contribution in [-0.2, 0) is 0 Å². The zero-order valence-corrected chi connectivity index (χ0v) is 15.9. The summed E-state index contributed by atoms with van der Waals surface area (Å²) in [6.07, 6.45) is -0.146. The molecule has 0 aliphatic heterocycles. The second-order valence-corrected chi connectivity index (χ2v) is 6.82. The molecule has 0 fully saturated rings. The molecule has 1 heterocycles. The third-order valence-corrected chi connectivity index (χ3v) is 4.93. The van der Waals surface area contributed by atoms with Gasteiger partial charge < -0.3 is 15.2 Å². The molecule has 0 spiro atoms. The summed E-state index contributed by atoms with van der Waals surface area (Å²) in [7, 11) is 0. The molecule has 0 bridgehead atoms. The summed E-state index contributed by atoms with van der Waals surface area (Å²) >= 11 is 1.42. The number of hydrogen-bond acceptors (Lipinski definition) is 5. The van der Waals surface area contributed by atoms with Crippen molar-refractivity contribution in [1.29, 1.82) is 0 Å². The first kappa shape index (κ1) is 19.1. The molecule has 3 rings (SSSR count). The molecule has 0 aliphatic carbocycles. The third kappa shape index (κ3) is 5.15. The Hall–Kier alpha value is -2.70. The Morgan fingerprint density at radius 1 is 1.19 bits per heavy atom. The molecule has 2 aromatic carbocycles. The zero-order chi connectivity index (χ0) is 19.1. The lowest BCUT2D eigenvalue weighted by atomic mass is 10.1. The Bertz CT molecular complexity index is 863. The molecule has 1 amide bonds. The molecular formula is C21H22N2O3S. The number of aromatic nitrogens is 1. The number of thiazole rings is 1. The lowest BCUT2D eigenvalue weighted by Crippen LogP contribution is -2.25. The first-order chi connectivity index (χ1) is 13.2. The fourth-order valence-electron chi connectivity index (χ4n) is 2.63. The van der Waals surface area contributed by atoms with Crippen molar-refractivity contribution in [3.8, 4) is 16.3 Å². The highest BCUT2D eigenvalue weighted by atomic mass is 32.1. The Morgan fingerprint density at radius 3 is 2.63 bits per heavy atom. The smallest absolute Gasteiger partial charge is 0.270 e. The lowest BCUT2D eigenvalue weighted by Gasteiger charge is -2.11. The minimum atomic E-state index is -0.596. The molecule has 0 saturated heterocycles. The van der Waals surface area contributed by atoms with E-state index < -0.39 is 6.10 Å². The van der Waals surface area contributed by atoms with Crippen LogP contribution in [0.1, 0.15) is 35.5 Å². The predicted molar refractivity (Wildman–Crippen MR) is 107 cm³/mol. The van der Waals surface area contributed by atoms with Crippen molar-refractivity contribution in [1.82, 2.24) is 10.3 Å². The Kier molecular flexibility index (Phi) is 6.57. The second-order valence-electron chi connectivity index (χ2n) is 5.97. The van der Waals surface area contributed by atoms with Gasteiger partial charge in [-0.05, 0) is 43.2 Å². The summed E-state index contributed by atoms with van der Waals surface area (Å²) in [5.74, 6) is 0.580. The molecule has 1 aromatic heterocycles. The lowest BCUT2D eigenvalue weighted by molar-refractivity contribution is 0.0938. The van der Waals surface area contributed by atoms with Crippen LogP contribution in [0, 0.1) is 0 Å². The number of ether oxygens (including phenoxy) is 1. The van der Waals surface area contributed by atoms with Crippen molar-refractivity contribution >= 4 is 17.2 Å². The van der Waals surface area contributed by atoms with E-state index in [1.54, 1.807) is 5.38 Å². The maximum atomic E-state index is 12.3. The first-order valence-electron chi connectivity index (χ1n) is 8.87. The van der Waals surface area contributed by atoms with Gasteiger partial charge in [-0.15, -0.1) is 11.3 Å². The van der Waals surface area contributed by atoms with Gasteiger partial charge in [0, 0.05) is 17.5 Å². The summed E-state index contributed by atoms with van der Waals surface area (Å²) in [6, 6.07) is 17.1. The minimum absolute atomic E-state index is 0.233. The van der Waals surface area contributed by atoms with E-state index in [1.807, 2.05) is 61.5 Å². The first-order valence-corrected chi connectivity index (χ1v) is 9.75. The number of carbonyl (C=O) groups is 1. The van der Waals surface area contributed by atoms with Crippen LogP contribution in [0.4, 0.5) is 0 Å². The molecule has 0 saturated carbocycles. The number of carbonyl (C=O) groups excluding carboxylic acids is 1. The molecule has 27 heavy (non-hydrogen) atoms. The van der Waals surface area contributed by atoms with Gasteiger partial charge in [-0.2, -0.15) is 0 Å². The van der Waals surface area contributed by atoms with Crippen molar-refractivity contribution in [3.63, 3.8) is 0 Å². The SMILES string of the molecule is CCOc1ccc(-c2nc(C(=O)NCC[C@@H](O)c3ccccc3)cs2)cc1. The fourth-order valence-corrected chi connectivity index (χ4v) is 3.43. The topological polar surface area (TPSA) is 71.5 Å². The van der Waals surface area contributed by atoms with Crippen molar-refractivity contribution < 1.29 is 14.6 Å². The van der Waals surface area contributed by atoms with Crippen LogP contribution in [-0.4, -0.2) is 29.1 Å². The maximum absolute atomic E-state index is 12.3. The normalized spacial score (nSPS) is 11.8. The standard InChI is InChI=1S/C21H22N2O3S/c1-2-26-17-10-8-16(9-11-17)21-23-18(14-27-21)20(25)22-13-12-19(24)15-6-4-3-5-7-15/h3-11,14,19,24H,2,12-13H2,1H3,(H,22,25)/t19-/m1/s1. The monoisotopic (exact) mass is 382 g/mol. The van der Waals surface area contributed by atoms with Crippen molar-refractivity contribution in [2.45, 2.75) is 19.4 Å². The van der Waals surface area contributed by atoms with Gasteiger partial charge >= 0.3 is 0 Å². The highest BCUT2D eigenvalue weighted by Gasteiger charge is 2.13. The van der Waals surface area contributed by atoms with E-state index in [4.69, 9.17) is 4.74 Å². The number of nitrogens with one attached hydrogen (secondary N) is 1. The van der Waals surface area contributed by atoms with Crippen LogP contribution in [0.25, 0.3) is 10.6 Å². The number of rotatable bonds is 8. The van der Waals surface area contributed by atoms with Gasteiger partial charge in [-0.1, -0.05) is 30.3 Å². The molecule has 2 N–H and O–H groups in total. The highest BCUT2D eigenvalue weighted by Crippen LogP contribution is 2.26.